The fourth-order valence-corrected chi connectivity index (χ4v) is 2.27. The zero-order valence-electron chi connectivity index (χ0n) is 6.78. The van der Waals surface area contributed by atoms with Gasteiger partial charge in [-0.15, -0.1) is 0 Å². The smallest absolute Gasteiger partial charge is 0.286 e. The van der Waals surface area contributed by atoms with Crippen molar-refractivity contribution in [2.75, 3.05) is 6.54 Å². The van der Waals surface area contributed by atoms with Gasteiger partial charge in [-0.3, -0.25) is 0 Å². The van der Waals surface area contributed by atoms with Crippen LogP contribution in [0.2, 0.25) is 0 Å². The van der Waals surface area contributed by atoms with Crippen LogP contribution in [-0.2, 0) is 12.5 Å². The molecule has 2 rings (SSSR count). The number of hydrogen-bond donors (Lipinski definition) is 1. The summed E-state index contributed by atoms with van der Waals surface area (Å²) in [5.74, 6) is -2.76. The molecule has 4 heteroatoms. The van der Waals surface area contributed by atoms with Crippen LogP contribution in [0.5, 0.6) is 0 Å². The maximum atomic E-state index is 13.4. The largest absolute Gasteiger partial charge is 0.307 e. The molecule has 70 valence electrons. The molecule has 1 aliphatic heterocycles. The molecule has 1 N–H and O–H groups in total. The molecule has 0 saturated heterocycles. The molecule has 0 aliphatic carbocycles. The highest BCUT2D eigenvalue weighted by atomic mass is 79.9. The van der Waals surface area contributed by atoms with Crippen molar-refractivity contribution in [1.29, 1.82) is 0 Å². The molecule has 1 aliphatic rings. The van der Waals surface area contributed by atoms with Gasteiger partial charge in [-0.25, -0.2) is 0 Å². The predicted octanol–water partition coefficient (Wildman–Crippen LogP) is 2.64. The Kier molecular flexibility index (Phi) is 2.12. The van der Waals surface area contributed by atoms with Gasteiger partial charge in [0, 0.05) is 16.6 Å². The lowest BCUT2D eigenvalue weighted by Gasteiger charge is -2.26. The number of rotatable bonds is 0. The lowest BCUT2D eigenvalue weighted by Crippen LogP contribution is -2.37. The van der Waals surface area contributed by atoms with E-state index in [1.54, 1.807) is 18.2 Å². The topological polar surface area (TPSA) is 12.0 Å². The number of benzene rings is 1. The van der Waals surface area contributed by atoms with Crippen LogP contribution in [0.1, 0.15) is 11.1 Å². The van der Waals surface area contributed by atoms with Crippen LogP contribution in [-0.4, -0.2) is 6.54 Å². The molecule has 0 bridgehead atoms. The summed E-state index contributed by atoms with van der Waals surface area (Å²) in [5, 5.41) is 2.69. The number of fused-ring (bicyclic) bond motifs is 1. The summed E-state index contributed by atoms with van der Waals surface area (Å²) in [7, 11) is 0. The molecule has 0 radical (unpaired) electrons. The fraction of sp³-hybridized carbons (Fsp3) is 0.333. The Hall–Kier alpha value is -0.480. The average molecular weight is 248 g/mol. The normalized spacial score (nSPS) is 19.6. The van der Waals surface area contributed by atoms with Gasteiger partial charge in [0.15, 0.2) is 0 Å². The van der Waals surface area contributed by atoms with Crippen LogP contribution in [0, 0.1) is 0 Å². The monoisotopic (exact) mass is 247 g/mol. The van der Waals surface area contributed by atoms with Crippen molar-refractivity contribution in [2.24, 2.45) is 0 Å². The van der Waals surface area contributed by atoms with Gasteiger partial charge in [0.2, 0.25) is 0 Å². The van der Waals surface area contributed by atoms with Gasteiger partial charge < -0.3 is 5.32 Å². The van der Waals surface area contributed by atoms with E-state index >= 15 is 0 Å². The summed E-state index contributed by atoms with van der Waals surface area (Å²) < 4.78 is 27.2. The fourth-order valence-electron chi connectivity index (χ4n) is 1.57. The molecule has 1 aromatic rings. The molecular formula is C9H8BrF2N. The summed E-state index contributed by atoms with van der Waals surface area (Å²) in [6.45, 7) is 0.243. The number of nitrogens with one attached hydrogen (secondary N) is 1. The van der Waals surface area contributed by atoms with Crippen molar-refractivity contribution in [3.8, 4) is 0 Å². The van der Waals surface area contributed by atoms with Crippen LogP contribution in [0.4, 0.5) is 8.78 Å². The molecule has 1 aromatic carbocycles. The van der Waals surface area contributed by atoms with Crippen molar-refractivity contribution in [3.05, 3.63) is 33.8 Å². The van der Waals surface area contributed by atoms with E-state index in [0.717, 1.165) is 0 Å². The highest BCUT2D eigenvalue weighted by Gasteiger charge is 2.38. The Bertz CT molecular complexity index is 338. The minimum absolute atomic E-state index is 0.133. The summed E-state index contributed by atoms with van der Waals surface area (Å²) in [5.41, 5.74) is 0.805. The molecular weight excluding hydrogens is 240 g/mol. The van der Waals surface area contributed by atoms with Crippen LogP contribution in [0.25, 0.3) is 0 Å². The first-order chi connectivity index (χ1) is 6.11. The van der Waals surface area contributed by atoms with E-state index in [0.29, 0.717) is 16.6 Å². The van der Waals surface area contributed by atoms with Gasteiger partial charge in [-0.05, 0) is 11.6 Å². The van der Waals surface area contributed by atoms with Crippen molar-refractivity contribution in [2.45, 2.75) is 12.5 Å². The Morgan fingerprint density at radius 1 is 1.38 bits per heavy atom. The van der Waals surface area contributed by atoms with Gasteiger partial charge in [-0.2, -0.15) is 8.78 Å². The standard InChI is InChI=1S/C9H8BrF2N/c10-7-3-1-2-6-4-13-5-9(11,12)8(6)7/h1-3,13H,4-5H2. The molecule has 13 heavy (non-hydrogen) atoms. The molecule has 0 saturated carbocycles. The Balaban J connectivity index is 2.61. The second-order valence-corrected chi connectivity index (χ2v) is 3.94. The summed E-state index contributed by atoms with van der Waals surface area (Å²) in [6, 6.07) is 5.14. The summed E-state index contributed by atoms with van der Waals surface area (Å²) >= 11 is 3.15. The van der Waals surface area contributed by atoms with Crippen LogP contribution in [0.3, 0.4) is 0 Å². The molecule has 0 atom stereocenters. The van der Waals surface area contributed by atoms with Crippen LogP contribution in [0.15, 0.2) is 22.7 Å². The molecule has 0 aromatic heterocycles. The molecule has 0 fully saturated rings. The Morgan fingerprint density at radius 2 is 2.15 bits per heavy atom. The van der Waals surface area contributed by atoms with Gasteiger partial charge in [0.1, 0.15) is 0 Å². The first kappa shape index (κ1) is 9.09. The molecule has 0 amide bonds. The number of halogens is 3. The average Bonchev–Trinajstić information content (AvgIpc) is 2.02. The van der Waals surface area contributed by atoms with E-state index in [2.05, 4.69) is 21.2 Å². The molecule has 0 unspecified atom stereocenters. The first-order valence-corrected chi connectivity index (χ1v) is 4.77. The maximum Gasteiger partial charge on any atom is 0.286 e. The van der Waals surface area contributed by atoms with E-state index < -0.39 is 5.92 Å². The summed E-state index contributed by atoms with van der Waals surface area (Å²) in [6.07, 6.45) is 0. The Morgan fingerprint density at radius 3 is 2.85 bits per heavy atom. The maximum absolute atomic E-state index is 13.4. The quantitative estimate of drug-likeness (QED) is 0.744. The second-order valence-electron chi connectivity index (χ2n) is 3.08. The lowest BCUT2D eigenvalue weighted by atomic mass is 9.98. The van der Waals surface area contributed by atoms with Crippen molar-refractivity contribution in [3.63, 3.8) is 0 Å². The third-order valence-corrected chi connectivity index (χ3v) is 2.79. The Labute approximate surface area is 83.3 Å². The highest BCUT2D eigenvalue weighted by molar-refractivity contribution is 9.10. The van der Waals surface area contributed by atoms with E-state index in [4.69, 9.17) is 0 Å². The minimum Gasteiger partial charge on any atom is -0.307 e. The third kappa shape index (κ3) is 1.48. The number of hydrogen-bond acceptors (Lipinski definition) is 1. The zero-order chi connectivity index (χ0) is 9.47. The van der Waals surface area contributed by atoms with E-state index in [-0.39, 0.29) is 12.1 Å². The molecule has 1 heterocycles. The van der Waals surface area contributed by atoms with Crippen molar-refractivity contribution in [1.82, 2.24) is 5.32 Å². The summed E-state index contributed by atoms with van der Waals surface area (Å²) in [4.78, 5) is 0. The van der Waals surface area contributed by atoms with Crippen molar-refractivity contribution < 1.29 is 8.78 Å². The van der Waals surface area contributed by atoms with Gasteiger partial charge in [0.25, 0.3) is 5.92 Å². The van der Waals surface area contributed by atoms with E-state index in [9.17, 15) is 8.78 Å². The molecule has 1 nitrogen and oxygen atoms in total. The third-order valence-electron chi connectivity index (χ3n) is 2.13. The molecule has 0 spiro atoms. The van der Waals surface area contributed by atoms with Gasteiger partial charge >= 0.3 is 0 Å². The minimum atomic E-state index is -2.76. The first-order valence-electron chi connectivity index (χ1n) is 3.98. The van der Waals surface area contributed by atoms with Crippen molar-refractivity contribution >= 4 is 15.9 Å². The number of alkyl halides is 2. The van der Waals surface area contributed by atoms with Crippen LogP contribution >= 0.6 is 15.9 Å². The lowest BCUT2D eigenvalue weighted by molar-refractivity contribution is -0.0115. The van der Waals surface area contributed by atoms with E-state index in [1.807, 2.05) is 0 Å². The highest BCUT2D eigenvalue weighted by Crippen LogP contribution is 2.37. The van der Waals surface area contributed by atoms with Gasteiger partial charge in [-0.1, -0.05) is 28.1 Å². The van der Waals surface area contributed by atoms with Gasteiger partial charge in [0.05, 0.1) is 6.54 Å². The van der Waals surface area contributed by atoms with E-state index in [1.165, 1.54) is 0 Å². The van der Waals surface area contributed by atoms with Crippen LogP contribution < -0.4 is 5.32 Å². The predicted molar refractivity (Wildman–Crippen MR) is 49.7 cm³/mol. The zero-order valence-corrected chi connectivity index (χ0v) is 8.37. The SMILES string of the molecule is FC1(F)CNCc2cccc(Br)c21. The second kappa shape index (κ2) is 3.03.